The molecule has 2 N–H and O–H groups in total. The quantitative estimate of drug-likeness (QED) is 0.430. The minimum atomic E-state index is 0.722. The third-order valence-corrected chi connectivity index (χ3v) is 0.960. The minimum Gasteiger partial charge on any atom is -0.333 e. The highest BCUT2D eigenvalue weighted by Crippen LogP contribution is 1.95. The standard InChI is InChI=1S/C7H12.C2H5Cl.C2H6.C2H2.CH5N/c1-4-6-7(3)5-2;1-2-3;3*1-2/h4,6H,1,5H2,2-3H3;2H2,1H3;1-2H3;1-2H;2H2,1H3/b7-6+;;;;. The van der Waals surface area contributed by atoms with Gasteiger partial charge in [0.2, 0.25) is 0 Å². The molecule has 0 saturated heterocycles. The van der Waals surface area contributed by atoms with Crippen molar-refractivity contribution in [3.05, 3.63) is 24.3 Å². The summed E-state index contributed by atoms with van der Waals surface area (Å²) in [6, 6.07) is 0. The Morgan fingerprint density at radius 3 is 1.56 bits per heavy atom. The maximum Gasteiger partial charge on any atom is 0.0195 e. The van der Waals surface area contributed by atoms with E-state index in [1.807, 2.05) is 32.9 Å². The lowest BCUT2D eigenvalue weighted by atomic mass is 10.2. The van der Waals surface area contributed by atoms with Gasteiger partial charge in [-0.1, -0.05) is 52.0 Å². The minimum absolute atomic E-state index is 0.722. The smallest absolute Gasteiger partial charge is 0.0195 e. The van der Waals surface area contributed by atoms with Crippen molar-refractivity contribution in [2.45, 2.75) is 41.0 Å². The molecule has 0 heterocycles. The van der Waals surface area contributed by atoms with E-state index in [-0.39, 0.29) is 0 Å². The summed E-state index contributed by atoms with van der Waals surface area (Å²) >= 11 is 5.00. The Labute approximate surface area is 109 Å². The second-order valence-corrected chi connectivity index (χ2v) is 2.40. The maximum atomic E-state index is 5.00. The van der Waals surface area contributed by atoms with Crippen LogP contribution in [0.25, 0.3) is 0 Å². The maximum absolute atomic E-state index is 5.00. The molecule has 0 fully saturated rings. The molecule has 0 atom stereocenters. The highest BCUT2D eigenvalue weighted by molar-refractivity contribution is 6.17. The van der Waals surface area contributed by atoms with Gasteiger partial charge in [-0.05, 0) is 20.4 Å². The molecule has 0 radical (unpaired) electrons. The topological polar surface area (TPSA) is 26.0 Å². The molecule has 0 saturated carbocycles. The summed E-state index contributed by atoms with van der Waals surface area (Å²) in [5, 5.41) is 0. The summed E-state index contributed by atoms with van der Waals surface area (Å²) in [4.78, 5) is 0. The van der Waals surface area contributed by atoms with Crippen LogP contribution in [0.2, 0.25) is 0 Å². The van der Waals surface area contributed by atoms with E-state index in [1.54, 1.807) is 0 Å². The fourth-order valence-corrected chi connectivity index (χ4v) is 0.319. The van der Waals surface area contributed by atoms with Crippen molar-refractivity contribution in [1.82, 2.24) is 0 Å². The monoisotopic (exact) mass is 247 g/mol. The summed E-state index contributed by atoms with van der Waals surface area (Å²) in [5.41, 5.74) is 5.88. The number of allylic oxidation sites excluding steroid dienone is 3. The zero-order valence-electron chi connectivity index (χ0n) is 11.9. The number of hydrogen-bond acceptors (Lipinski definition) is 1. The number of hydrogen-bond donors (Lipinski definition) is 1. The molecule has 16 heavy (non-hydrogen) atoms. The van der Waals surface area contributed by atoms with Crippen LogP contribution in [0, 0.1) is 12.8 Å². The molecule has 0 aliphatic rings. The van der Waals surface area contributed by atoms with Crippen molar-refractivity contribution in [2.75, 3.05) is 12.9 Å². The Bertz CT molecular complexity index is 126. The van der Waals surface area contributed by atoms with E-state index in [4.69, 9.17) is 11.6 Å². The first-order valence-electron chi connectivity index (χ1n) is 5.48. The average molecular weight is 248 g/mol. The number of terminal acetylenes is 1. The van der Waals surface area contributed by atoms with Gasteiger partial charge in [-0.25, -0.2) is 0 Å². The van der Waals surface area contributed by atoms with E-state index >= 15 is 0 Å². The first kappa shape index (κ1) is 29.5. The highest BCUT2D eigenvalue weighted by atomic mass is 35.5. The summed E-state index contributed by atoms with van der Waals surface area (Å²) < 4.78 is 0. The molecule has 98 valence electrons. The van der Waals surface area contributed by atoms with Crippen LogP contribution < -0.4 is 5.73 Å². The summed E-state index contributed by atoms with van der Waals surface area (Å²) in [6.07, 6.45) is 13.0. The van der Waals surface area contributed by atoms with E-state index < -0.39 is 0 Å². The first-order valence-corrected chi connectivity index (χ1v) is 6.01. The van der Waals surface area contributed by atoms with Crippen molar-refractivity contribution < 1.29 is 0 Å². The molecule has 0 aromatic rings. The van der Waals surface area contributed by atoms with E-state index in [2.05, 4.69) is 39.0 Å². The van der Waals surface area contributed by atoms with Crippen LogP contribution in [0.5, 0.6) is 0 Å². The Kier molecular flexibility index (Phi) is 118. The fourth-order valence-electron chi connectivity index (χ4n) is 0.319. The molecular weight excluding hydrogens is 218 g/mol. The second-order valence-electron chi connectivity index (χ2n) is 1.87. The van der Waals surface area contributed by atoms with Crippen molar-refractivity contribution >= 4 is 11.6 Å². The van der Waals surface area contributed by atoms with Gasteiger partial charge in [0.1, 0.15) is 0 Å². The first-order chi connectivity index (χ1) is 7.72. The van der Waals surface area contributed by atoms with Crippen LogP contribution in [0.4, 0.5) is 0 Å². The van der Waals surface area contributed by atoms with E-state index in [9.17, 15) is 0 Å². The molecule has 0 rings (SSSR count). The van der Waals surface area contributed by atoms with Crippen molar-refractivity contribution in [3.63, 3.8) is 0 Å². The predicted octanol–water partition coefficient (Wildman–Crippen LogP) is 4.62. The van der Waals surface area contributed by atoms with Crippen molar-refractivity contribution in [3.8, 4) is 12.8 Å². The predicted molar refractivity (Wildman–Crippen MR) is 82.0 cm³/mol. The average Bonchev–Trinajstić information content (AvgIpc) is 2.38. The molecule has 0 aromatic carbocycles. The lowest BCUT2D eigenvalue weighted by Crippen LogP contribution is -1.69. The molecule has 0 bridgehead atoms. The molecule has 0 aliphatic carbocycles. The molecular formula is C14H30ClN. The third-order valence-electron chi connectivity index (χ3n) is 0.960. The van der Waals surface area contributed by atoms with Gasteiger partial charge in [-0.3, -0.25) is 0 Å². The van der Waals surface area contributed by atoms with Crippen LogP contribution in [0.1, 0.15) is 41.0 Å². The van der Waals surface area contributed by atoms with Gasteiger partial charge >= 0.3 is 0 Å². The van der Waals surface area contributed by atoms with Crippen LogP contribution in [0.15, 0.2) is 24.3 Å². The molecule has 2 heteroatoms. The fraction of sp³-hybridized carbons (Fsp3) is 0.571. The zero-order chi connectivity index (χ0) is 14.4. The number of halogens is 1. The molecule has 0 spiro atoms. The van der Waals surface area contributed by atoms with Gasteiger partial charge in [0.15, 0.2) is 0 Å². The third kappa shape index (κ3) is 109. The Balaban J connectivity index is -0.0000000379. The normalized spacial score (nSPS) is 7.00. The zero-order valence-corrected chi connectivity index (χ0v) is 12.6. The SMILES string of the molecule is C#C.C=C/C=C(\C)CC.CC.CCCl.CN. The number of rotatable bonds is 2. The number of alkyl halides is 1. The Hall–Kier alpha value is -0.710. The van der Waals surface area contributed by atoms with Gasteiger partial charge in [0, 0.05) is 5.88 Å². The highest BCUT2D eigenvalue weighted by Gasteiger charge is 1.74. The molecule has 0 unspecified atom stereocenters. The lowest BCUT2D eigenvalue weighted by molar-refractivity contribution is 1.10. The van der Waals surface area contributed by atoms with Crippen LogP contribution >= 0.6 is 11.6 Å². The molecule has 1 nitrogen and oxygen atoms in total. The summed E-state index contributed by atoms with van der Waals surface area (Å²) in [7, 11) is 1.50. The van der Waals surface area contributed by atoms with Crippen LogP contribution in [-0.4, -0.2) is 12.9 Å². The van der Waals surface area contributed by atoms with E-state index in [0.717, 1.165) is 12.3 Å². The van der Waals surface area contributed by atoms with Gasteiger partial charge in [0.25, 0.3) is 0 Å². The Morgan fingerprint density at radius 2 is 1.50 bits per heavy atom. The van der Waals surface area contributed by atoms with Gasteiger partial charge < -0.3 is 5.73 Å². The molecule has 0 aromatic heterocycles. The Morgan fingerprint density at radius 1 is 1.25 bits per heavy atom. The van der Waals surface area contributed by atoms with E-state index in [0.29, 0.717) is 0 Å². The van der Waals surface area contributed by atoms with E-state index in [1.165, 1.54) is 12.6 Å². The second kappa shape index (κ2) is 63.8. The van der Waals surface area contributed by atoms with Crippen LogP contribution in [-0.2, 0) is 0 Å². The van der Waals surface area contributed by atoms with Gasteiger partial charge in [0.05, 0.1) is 0 Å². The van der Waals surface area contributed by atoms with Gasteiger partial charge in [-0.2, -0.15) is 0 Å². The molecule has 0 aliphatic heterocycles. The van der Waals surface area contributed by atoms with Gasteiger partial charge in [-0.15, -0.1) is 24.4 Å². The lowest BCUT2D eigenvalue weighted by Gasteiger charge is -1.86. The largest absolute Gasteiger partial charge is 0.333 e. The van der Waals surface area contributed by atoms with Crippen molar-refractivity contribution in [2.24, 2.45) is 5.73 Å². The molecule has 0 amide bonds. The van der Waals surface area contributed by atoms with Crippen LogP contribution in [0.3, 0.4) is 0 Å². The summed E-state index contributed by atoms with van der Waals surface area (Å²) in [6.45, 7) is 13.7. The summed E-state index contributed by atoms with van der Waals surface area (Å²) in [5.74, 6) is 0.722. The van der Waals surface area contributed by atoms with Crippen molar-refractivity contribution in [1.29, 1.82) is 0 Å². The number of nitrogens with two attached hydrogens (primary N) is 1.